The molecule has 0 aliphatic heterocycles. The molecular formula is C15H22N2O2. The Labute approximate surface area is 115 Å². The zero-order chi connectivity index (χ0) is 13.9. The lowest BCUT2D eigenvalue weighted by molar-refractivity contribution is 0.0200. The van der Waals surface area contributed by atoms with Crippen molar-refractivity contribution in [3.8, 4) is 6.07 Å². The summed E-state index contributed by atoms with van der Waals surface area (Å²) in [5.41, 5.74) is 1.18. The molecule has 1 aromatic carbocycles. The highest BCUT2D eigenvalue weighted by Crippen LogP contribution is 2.06. The molecule has 0 heterocycles. The summed E-state index contributed by atoms with van der Waals surface area (Å²) in [6, 6.07) is 12.2. The first kappa shape index (κ1) is 15.6. The zero-order valence-corrected chi connectivity index (χ0v) is 11.5. The van der Waals surface area contributed by atoms with E-state index in [1.54, 1.807) is 0 Å². The average molecular weight is 262 g/mol. The van der Waals surface area contributed by atoms with E-state index < -0.39 is 6.10 Å². The van der Waals surface area contributed by atoms with Crippen LogP contribution in [0.2, 0.25) is 0 Å². The fourth-order valence-corrected chi connectivity index (χ4v) is 1.89. The van der Waals surface area contributed by atoms with Gasteiger partial charge in [-0.3, -0.25) is 4.90 Å². The van der Waals surface area contributed by atoms with Gasteiger partial charge in [0, 0.05) is 32.7 Å². The molecule has 0 aliphatic carbocycles. The fourth-order valence-electron chi connectivity index (χ4n) is 1.89. The van der Waals surface area contributed by atoms with Crippen molar-refractivity contribution < 1.29 is 9.84 Å². The molecule has 0 radical (unpaired) electrons. The van der Waals surface area contributed by atoms with Crippen molar-refractivity contribution in [2.75, 3.05) is 26.3 Å². The van der Waals surface area contributed by atoms with Crippen LogP contribution >= 0.6 is 0 Å². The summed E-state index contributed by atoms with van der Waals surface area (Å²) in [5, 5.41) is 18.6. The average Bonchev–Trinajstić information content (AvgIpc) is 2.43. The normalized spacial score (nSPS) is 12.3. The van der Waals surface area contributed by atoms with Gasteiger partial charge in [0.15, 0.2) is 0 Å². The first-order valence-electron chi connectivity index (χ1n) is 6.65. The Hall–Kier alpha value is -1.41. The van der Waals surface area contributed by atoms with Crippen molar-refractivity contribution >= 4 is 0 Å². The molecule has 19 heavy (non-hydrogen) atoms. The summed E-state index contributed by atoms with van der Waals surface area (Å²) in [6.45, 7) is 4.78. The van der Waals surface area contributed by atoms with Crippen LogP contribution in [0.25, 0.3) is 0 Å². The van der Waals surface area contributed by atoms with Crippen molar-refractivity contribution in [3.63, 3.8) is 0 Å². The van der Waals surface area contributed by atoms with Gasteiger partial charge in [-0.1, -0.05) is 30.3 Å². The molecule has 0 aliphatic rings. The second-order valence-electron chi connectivity index (χ2n) is 4.44. The van der Waals surface area contributed by atoms with Crippen LogP contribution in [-0.4, -0.2) is 42.4 Å². The second-order valence-corrected chi connectivity index (χ2v) is 4.44. The molecule has 4 nitrogen and oxygen atoms in total. The lowest BCUT2D eigenvalue weighted by Crippen LogP contribution is -2.35. The van der Waals surface area contributed by atoms with E-state index in [2.05, 4.69) is 11.0 Å². The van der Waals surface area contributed by atoms with E-state index >= 15 is 0 Å². The topological polar surface area (TPSA) is 56.5 Å². The summed E-state index contributed by atoms with van der Waals surface area (Å²) in [7, 11) is 0. The largest absolute Gasteiger partial charge is 0.389 e. The van der Waals surface area contributed by atoms with Crippen LogP contribution < -0.4 is 0 Å². The third-order valence-corrected chi connectivity index (χ3v) is 2.77. The number of hydrogen-bond acceptors (Lipinski definition) is 4. The maximum Gasteiger partial charge on any atom is 0.0900 e. The van der Waals surface area contributed by atoms with E-state index in [1.807, 2.05) is 37.3 Å². The molecule has 0 bridgehead atoms. The molecule has 104 valence electrons. The van der Waals surface area contributed by atoms with E-state index in [0.29, 0.717) is 32.7 Å². The van der Waals surface area contributed by atoms with Gasteiger partial charge in [-0.25, -0.2) is 0 Å². The highest BCUT2D eigenvalue weighted by molar-refractivity contribution is 5.14. The smallest absolute Gasteiger partial charge is 0.0900 e. The molecule has 4 heteroatoms. The van der Waals surface area contributed by atoms with Crippen LogP contribution in [0.4, 0.5) is 0 Å². The Morgan fingerprint density at radius 2 is 2.11 bits per heavy atom. The number of benzene rings is 1. The Morgan fingerprint density at radius 3 is 2.74 bits per heavy atom. The molecule has 1 unspecified atom stereocenters. The standard InChI is InChI=1S/C15H22N2O2/c1-2-19-13-15(18)12-17(10-6-9-16)11-14-7-4-3-5-8-14/h3-5,7-8,15,18H,2,6,10-13H2,1H3. The first-order chi connectivity index (χ1) is 9.26. The molecule has 0 aromatic heterocycles. The maximum absolute atomic E-state index is 9.88. The van der Waals surface area contributed by atoms with Gasteiger partial charge < -0.3 is 9.84 Å². The first-order valence-corrected chi connectivity index (χ1v) is 6.65. The van der Waals surface area contributed by atoms with Crippen LogP contribution in [0.1, 0.15) is 18.9 Å². The minimum Gasteiger partial charge on any atom is -0.389 e. The molecule has 0 fully saturated rings. The van der Waals surface area contributed by atoms with Crippen molar-refractivity contribution in [3.05, 3.63) is 35.9 Å². The van der Waals surface area contributed by atoms with Crippen molar-refractivity contribution in [1.29, 1.82) is 5.26 Å². The minimum atomic E-state index is -0.512. The fraction of sp³-hybridized carbons (Fsp3) is 0.533. The van der Waals surface area contributed by atoms with Crippen LogP contribution in [0.15, 0.2) is 30.3 Å². The van der Waals surface area contributed by atoms with Gasteiger partial charge in [0.25, 0.3) is 0 Å². The SMILES string of the molecule is CCOCC(O)CN(CCC#N)Cc1ccccc1. The predicted molar refractivity (Wildman–Crippen MR) is 74.4 cm³/mol. The summed E-state index contributed by atoms with van der Waals surface area (Å²) in [5.74, 6) is 0. The number of hydrogen-bond donors (Lipinski definition) is 1. The summed E-state index contributed by atoms with van der Waals surface area (Å²) in [4.78, 5) is 2.09. The van der Waals surface area contributed by atoms with Crippen LogP contribution in [0.3, 0.4) is 0 Å². The molecule has 0 saturated carbocycles. The molecule has 1 rings (SSSR count). The molecule has 1 atom stereocenters. The number of nitriles is 1. The summed E-state index contributed by atoms with van der Waals surface area (Å²) >= 11 is 0. The summed E-state index contributed by atoms with van der Waals surface area (Å²) < 4.78 is 5.21. The number of ether oxygens (including phenoxy) is 1. The highest BCUT2D eigenvalue weighted by Gasteiger charge is 2.12. The summed E-state index contributed by atoms with van der Waals surface area (Å²) in [6.07, 6.45) is -0.0453. The van der Waals surface area contributed by atoms with Gasteiger partial charge >= 0.3 is 0 Å². The maximum atomic E-state index is 9.88. The Morgan fingerprint density at radius 1 is 1.37 bits per heavy atom. The number of aliphatic hydroxyl groups excluding tert-OH is 1. The number of rotatable bonds is 9. The molecule has 0 spiro atoms. The molecule has 0 amide bonds. The van der Waals surface area contributed by atoms with E-state index in [1.165, 1.54) is 5.56 Å². The van der Waals surface area contributed by atoms with Crippen LogP contribution in [0.5, 0.6) is 0 Å². The van der Waals surface area contributed by atoms with Crippen LogP contribution in [-0.2, 0) is 11.3 Å². The second kappa shape index (κ2) is 9.51. The lowest BCUT2D eigenvalue weighted by Gasteiger charge is -2.24. The minimum absolute atomic E-state index is 0.342. The van der Waals surface area contributed by atoms with Gasteiger partial charge in [-0.05, 0) is 12.5 Å². The van der Waals surface area contributed by atoms with Crippen molar-refractivity contribution in [2.24, 2.45) is 0 Å². The molecule has 0 saturated heterocycles. The van der Waals surface area contributed by atoms with Gasteiger partial charge in [-0.15, -0.1) is 0 Å². The number of aliphatic hydroxyl groups is 1. The highest BCUT2D eigenvalue weighted by atomic mass is 16.5. The number of nitrogens with zero attached hydrogens (tertiary/aromatic N) is 2. The van der Waals surface area contributed by atoms with Crippen molar-refractivity contribution in [2.45, 2.75) is 26.0 Å². The predicted octanol–water partition coefficient (Wildman–Crippen LogP) is 1.80. The zero-order valence-electron chi connectivity index (χ0n) is 11.5. The Balaban J connectivity index is 2.49. The van der Waals surface area contributed by atoms with Gasteiger partial charge in [0.2, 0.25) is 0 Å². The van der Waals surface area contributed by atoms with Gasteiger partial charge in [0.1, 0.15) is 0 Å². The van der Waals surface area contributed by atoms with Gasteiger partial charge in [0.05, 0.1) is 18.8 Å². The van der Waals surface area contributed by atoms with E-state index in [9.17, 15) is 5.11 Å². The molecular weight excluding hydrogens is 240 g/mol. The third kappa shape index (κ3) is 6.92. The monoisotopic (exact) mass is 262 g/mol. The van der Waals surface area contributed by atoms with Gasteiger partial charge in [-0.2, -0.15) is 5.26 Å². The van der Waals surface area contributed by atoms with E-state index in [-0.39, 0.29) is 0 Å². The molecule has 1 aromatic rings. The Bertz CT molecular complexity index is 375. The third-order valence-electron chi connectivity index (χ3n) is 2.77. The van der Waals surface area contributed by atoms with E-state index in [4.69, 9.17) is 10.00 Å². The quantitative estimate of drug-likeness (QED) is 0.737. The molecule has 1 N–H and O–H groups in total. The van der Waals surface area contributed by atoms with E-state index in [0.717, 1.165) is 6.54 Å². The Kier molecular flexibility index (Phi) is 7.83. The lowest BCUT2D eigenvalue weighted by atomic mass is 10.2. The van der Waals surface area contributed by atoms with Crippen molar-refractivity contribution in [1.82, 2.24) is 4.90 Å². The van der Waals surface area contributed by atoms with Crippen LogP contribution in [0, 0.1) is 11.3 Å².